The predicted octanol–water partition coefficient (Wildman–Crippen LogP) is 3.72. The lowest BCUT2D eigenvalue weighted by molar-refractivity contribution is -0.117. The molecule has 3 aromatic rings. The van der Waals surface area contributed by atoms with E-state index < -0.39 is 0 Å². The Morgan fingerprint density at radius 1 is 0.875 bits per heavy atom. The minimum absolute atomic E-state index is 0.171. The molecule has 162 valence electrons. The third-order valence-corrected chi connectivity index (χ3v) is 5.39. The molecule has 4 rings (SSSR count). The second kappa shape index (κ2) is 9.16. The number of fused-ring (bicyclic) bond motifs is 2. The molecule has 1 amide bonds. The molecule has 1 N–H and O–H groups in total. The number of anilines is 1. The molecule has 1 aliphatic rings. The van der Waals surface area contributed by atoms with Crippen LogP contribution in [-0.2, 0) is 4.79 Å². The van der Waals surface area contributed by atoms with Gasteiger partial charge in [-0.25, -0.2) is 0 Å². The molecule has 0 heterocycles. The summed E-state index contributed by atoms with van der Waals surface area (Å²) in [5.74, 6) is 0.194. The summed E-state index contributed by atoms with van der Waals surface area (Å²) < 4.78 is 5.70. The number of ketones is 2. The summed E-state index contributed by atoms with van der Waals surface area (Å²) in [5.41, 5.74) is 3.13. The first kappa shape index (κ1) is 21.5. The van der Waals surface area contributed by atoms with Crippen LogP contribution in [0.25, 0.3) is 0 Å². The number of carbonyl (C=O) groups is 3. The van der Waals surface area contributed by atoms with Crippen molar-refractivity contribution in [2.75, 3.05) is 32.1 Å². The molecule has 6 nitrogen and oxygen atoms in total. The van der Waals surface area contributed by atoms with Crippen molar-refractivity contribution >= 4 is 23.2 Å². The summed E-state index contributed by atoms with van der Waals surface area (Å²) in [5, 5.41) is 2.81. The van der Waals surface area contributed by atoms with Crippen LogP contribution < -0.4 is 10.1 Å². The van der Waals surface area contributed by atoms with E-state index in [1.165, 1.54) is 5.56 Å². The molecule has 0 saturated carbocycles. The van der Waals surface area contributed by atoms with Gasteiger partial charge in [0.1, 0.15) is 12.4 Å². The zero-order valence-electron chi connectivity index (χ0n) is 18.1. The highest BCUT2D eigenvalue weighted by molar-refractivity contribution is 6.28. The summed E-state index contributed by atoms with van der Waals surface area (Å²) in [4.78, 5) is 39.8. The Bertz CT molecular complexity index is 1180. The molecular weight excluding hydrogens is 404 g/mol. The molecule has 6 heteroatoms. The topological polar surface area (TPSA) is 75.7 Å². The van der Waals surface area contributed by atoms with Gasteiger partial charge in [-0.1, -0.05) is 42.0 Å². The fourth-order valence-corrected chi connectivity index (χ4v) is 3.66. The number of amides is 1. The van der Waals surface area contributed by atoms with Crippen LogP contribution in [0.1, 0.15) is 37.4 Å². The number of hydrogen-bond acceptors (Lipinski definition) is 5. The lowest BCUT2D eigenvalue weighted by Gasteiger charge is -2.19. The Balaban J connectivity index is 1.34. The van der Waals surface area contributed by atoms with Crippen LogP contribution in [0.4, 0.5) is 5.69 Å². The Hall–Kier alpha value is -3.77. The molecule has 0 unspecified atom stereocenters. The second-order valence-corrected chi connectivity index (χ2v) is 7.91. The second-order valence-electron chi connectivity index (χ2n) is 7.91. The third-order valence-electron chi connectivity index (χ3n) is 5.39. The van der Waals surface area contributed by atoms with E-state index in [9.17, 15) is 14.4 Å². The normalized spacial score (nSPS) is 12.3. The number of carbonyl (C=O) groups excluding carboxylic acids is 3. The van der Waals surface area contributed by atoms with Crippen LogP contribution >= 0.6 is 0 Å². The first-order chi connectivity index (χ1) is 15.4. The molecule has 0 bridgehead atoms. The number of aryl methyl sites for hydroxylation is 1. The minimum Gasteiger partial charge on any atom is -0.492 e. The molecule has 0 fully saturated rings. The summed E-state index contributed by atoms with van der Waals surface area (Å²) in [7, 11) is 1.84. The van der Waals surface area contributed by atoms with Crippen LogP contribution in [0.15, 0.2) is 66.7 Å². The molecule has 0 spiro atoms. The lowest BCUT2D eigenvalue weighted by Crippen LogP contribution is -2.33. The van der Waals surface area contributed by atoms with Crippen molar-refractivity contribution in [3.05, 3.63) is 94.5 Å². The molecule has 0 atom stereocenters. The molecule has 0 aliphatic heterocycles. The number of nitrogens with one attached hydrogen (secondary N) is 1. The van der Waals surface area contributed by atoms with Crippen molar-refractivity contribution in [1.29, 1.82) is 0 Å². The maximum Gasteiger partial charge on any atom is 0.238 e. The van der Waals surface area contributed by atoms with Crippen LogP contribution in [0.3, 0.4) is 0 Å². The van der Waals surface area contributed by atoms with E-state index in [1.54, 1.807) is 42.5 Å². The van der Waals surface area contributed by atoms with Crippen molar-refractivity contribution in [2.45, 2.75) is 6.92 Å². The highest BCUT2D eigenvalue weighted by atomic mass is 16.5. The maximum absolute atomic E-state index is 12.8. The predicted molar refractivity (Wildman–Crippen MR) is 123 cm³/mol. The molecule has 3 aromatic carbocycles. The fraction of sp³-hybridized carbons (Fsp3) is 0.192. The summed E-state index contributed by atoms with van der Waals surface area (Å²) in [6.45, 7) is 3.23. The van der Waals surface area contributed by atoms with Crippen molar-refractivity contribution in [3.63, 3.8) is 0 Å². The van der Waals surface area contributed by atoms with Crippen molar-refractivity contribution in [2.24, 2.45) is 0 Å². The smallest absolute Gasteiger partial charge is 0.238 e. The summed E-state index contributed by atoms with van der Waals surface area (Å²) >= 11 is 0. The van der Waals surface area contributed by atoms with E-state index in [2.05, 4.69) is 5.32 Å². The monoisotopic (exact) mass is 428 g/mol. The number of ether oxygens (including phenoxy) is 1. The van der Waals surface area contributed by atoms with E-state index >= 15 is 0 Å². The van der Waals surface area contributed by atoms with Crippen molar-refractivity contribution in [3.8, 4) is 5.75 Å². The maximum atomic E-state index is 12.8. The lowest BCUT2D eigenvalue weighted by atomic mass is 9.84. The van der Waals surface area contributed by atoms with Gasteiger partial charge in [0.05, 0.1) is 6.54 Å². The summed E-state index contributed by atoms with van der Waals surface area (Å²) in [6, 6.07) is 19.4. The highest BCUT2D eigenvalue weighted by Gasteiger charge is 2.29. The largest absolute Gasteiger partial charge is 0.492 e. The average Bonchev–Trinajstić information content (AvgIpc) is 2.78. The number of rotatable bonds is 7. The fourth-order valence-electron chi connectivity index (χ4n) is 3.66. The van der Waals surface area contributed by atoms with Gasteiger partial charge in [-0.2, -0.15) is 0 Å². The van der Waals surface area contributed by atoms with Gasteiger partial charge >= 0.3 is 0 Å². The van der Waals surface area contributed by atoms with E-state index in [-0.39, 0.29) is 24.0 Å². The van der Waals surface area contributed by atoms with Crippen LogP contribution in [0.5, 0.6) is 5.75 Å². The first-order valence-electron chi connectivity index (χ1n) is 10.4. The Morgan fingerprint density at radius 2 is 1.50 bits per heavy atom. The van der Waals surface area contributed by atoms with Gasteiger partial charge in [-0.15, -0.1) is 0 Å². The van der Waals surface area contributed by atoms with Crippen molar-refractivity contribution in [1.82, 2.24) is 4.90 Å². The minimum atomic E-state index is -0.211. The van der Waals surface area contributed by atoms with Crippen LogP contribution in [0, 0.1) is 6.92 Å². The molecule has 0 radical (unpaired) electrons. The quantitative estimate of drug-likeness (QED) is 0.486. The van der Waals surface area contributed by atoms with Crippen LogP contribution in [-0.4, -0.2) is 49.1 Å². The standard InChI is InChI=1S/C26H24N2O4/c1-17-7-10-19(11-8-17)32-14-13-28(2)16-24(29)27-18-9-12-22-23(15-18)26(31)21-6-4-3-5-20(21)25(22)30/h3-12,15H,13-14,16H2,1-2H3,(H,27,29). The van der Waals surface area contributed by atoms with Crippen molar-refractivity contribution < 1.29 is 19.1 Å². The molecule has 1 aliphatic carbocycles. The number of nitrogens with zero attached hydrogens (tertiary/aromatic N) is 1. The van der Waals surface area contributed by atoms with Crippen LogP contribution in [0.2, 0.25) is 0 Å². The zero-order chi connectivity index (χ0) is 22.7. The van der Waals surface area contributed by atoms with Gasteiger partial charge in [0.15, 0.2) is 11.6 Å². The van der Waals surface area contributed by atoms with Gasteiger partial charge in [0, 0.05) is 34.5 Å². The molecule has 0 aromatic heterocycles. The average molecular weight is 428 g/mol. The van der Waals surface area contributed by atoms with E-state index in [1.807, 2.05) is 43.1 Å². The molecule has 0 saturated heterocycles. The van der Waals surface area contributed by atoms with Gasteiger partial charge in [-0.05, 0) is 44.3 Å². The Labute approximate surface area is 186 Å². The number of hydrogen-bond donors (Lipinski definition) is 1. The molecule has 32 heavy (non-hydrogen) atoms. The number of likely N-dealkylation sites (N-methyl/N-ethyl adjacent to an activating group) is 1. The summed E-state index contributed by atoms with van der Waals surface area (Å²) in [6.07, 6.45) is 0. The Morgan fingerprint density at radius 3 is 2.19 bits per heavy atom. The zero-order valence-corrected chi connectivity index (χ0v) is 18.1. The first-order valence-corrected chi connectivity index (χ1v) is 10.4. The van der Waals surface area contributed by atoms with E-state index in [0.29, 0.717) is 41.1 Å². The van der Waals surface area contributed by atoms with Gasteiger partial charge < -0.3 is 10.1 Å². The Kier molecular flexibility index (Phi) is 6.14. The van der Waals surface area contributed by atoms with Gasteiger partial charge in [-0.3, -0.25) is 19.3 Å². The highest BCUT2D eigenvalue weighted by Crippen LogP contribution is 2.29. The van der Waals surface area contributed by atoms with E-state index in [0.717, 1.165) is 5.75 Å². The van der Waals surface area contributed by atoms with Gasteiger partial charge in [0.2, 0.25) is 5.91 Å². The number of benzene rings is 3. The third kappa shape index (κ3) is 4.60. The van der Waals surface area contributed by atoms with Gasteiger partial charge in [0.25, 0.3) is 0 Å². The molecular formula is C26H24N2O4. The SMILES string of the molecule is Cc1ccc(OCCN(C)CC(=O)Nc2ccc3c(c2)C(=O)c2ccccc2C3=O)cc1. The van der Waals surface area contributed by atoms with E-state index in [4.69, 9.17) is 4.74 Å².